The van der Waals surface area contributed by atoms with Gasteiger partial charge in [-0.15, -0.1) is 11.3 Å². The molecule has 0 saturated heterocycles. The lowest BCUT2D eigenvalue weighted by Crippen LogP contribution is -2.25. The quantitative estimate of drug-likeness (QED) is 0.327. The number of ether oxygens (including phenoxy) is 2. The van der Waals surface area contributed by atoms with E-state index in [1.54, 1.807) is 55.6 Å². The molecule has 1 N–H and O–H groups in total. The second kappa shape index (κ2) is 9.78. The van der Waals surface area contributed by atoms with Gasteiger partial charge in [0.1, 0.15) is 12.4 Å². The molecule has 35 heavy (non-hydrogen) atoms. The number of methoxy groups -OCH3 is 1. The van der Waals surface area contributed by atoms with Gasteiger partial charge in [0.05, 0.1) is 23.9 Å². The maximum Gasteiger partial charge on any atom is 0.359 e. The van der Waals surface area contributed by atoms with Gasteiger partial charge < -0.3 is 14.8 Å². The Labute approximate surface area is 204 Å². The zero-order valence-electron chi connectivity index (χ0n) is 18.7. The van der Waals surface area contributed by atoms with Gasteiger partial charge in [-0.05, 0) is 42.5 Å². The highest BCUT2D eigenvalue weighted by molar-refractivity contribution is 7.13. The zero-order valence-corrected chi connectivity index (χ0v) is 19.5. The molecule has 2 aromatic heterocycles. The van der Waals surface area contributed by atoms with Crippen molar-refractivity contribution in [1.82, 2.24) is 14.8 Å². The van der Waals surface area contributed by atoms with Gasteiger partial charge in [0.2, 0.25) is 0 Å². The Balaban J connectivity index is 1.36. The summed E-state index contributed by atoms with van der Waals surface area (Å²) in [5.41, 5.74) is 1.78. The number of hydrogen-bond acceptors (Lipinski definition) is 8. The summed E-state index contributed by atoms with van der Waals surface area (Å²) in [6.07, 6.45) is 0. The number of anilines is 2. The predicted molar refractivity (Wildman–Crippen MR) is 135 cm³/mol. The van der Waals surface area contributed by atoms with Crippen LogP contribution in [-0.4, -0.2) is 27.8 Å². The second-order valence-electron chi connectivity index (χ2n) is 7.52. The number of rotatable bonds is 7. The summed E-state index contributed by atoms with van der Waals surface area (Å²) in [7, 11) is 1.62. The molecule has 0 amide bonds. The minimum Gasteiger partial charge on any atom is -0.497 e. The molecule has 9 heteroatoms. The first-order valence-corrected chi connectivity index (χ1v) is 11.6. The second-order valence-corrected chi connectivity index (χ2v) is 8.38. The lowest BCUT2D eigenvalue weighted by atomic mass is 10.1. The van der Waals surface area contributed by atoms with Crippen LogP contribution in [0.1, 0.15) is 16.2 Å². The van der Waals surface area contributed by atoms with E-state index in [2.05, 4.69) is 15.4 Å². The van der Waals surface area contributed by atoms with Crippen LogP contribution in [-0.2, 0) is 11.3 Å². The highest BCUT2D eigenvalue weighted by Gasteiger charge is 2.19. The molecule has 0 unspecified atom stereocenters. The van der Waals surface area contributed by atoms with Crippen LogP contribution >= 0.6 is 11.3 Å². The molecule has 5 rings (SSSR count). The fraction of sp³-hybridized carbons (Fsp3) is 0.0769. The van der Waals surface area contributed by atoms with Gasteiger partial charge in [-0.3, -0.25) is 4.79 Å². The van der Waals surface area contributed by atoms with E-state index in [4.69, 9.17) is 9.47 Å². The largest absolute Gasteiger partial charge is 0.497 e. The monoisotopic (exact) mass is 484 g/mol. The summed E-state index contributed by atoms with van der Waals surface area (Å²) in [6.45, 7) is -0.0277. The Hall–Kier alpha value is -4.50. The van der Waals surface area contributed by atoms with Gasteiger partial charge in [0.15, 0.2) is 10.8 Å². The van der Waals surface area contributed by atoms with Crippen LogP contribution in [0.3, 0.4) is 0 Å². The molecule has 0 radical (unpaired) electrons. The third-order valence-electron chi connectivity index (χ3n) is 5.24. The average Bonchev–Trinajstić information content (AvgIpc) is 3.36. The van der Waals surface area contributed by atoms with Crippen molar-refractivity contribution in [2.24, 2.45) is 0 Å². The Morgan fingerprint density at radius 3 is 2.43 bits per heavy atom. The molecule has 0 spiro atoms. The Kier molecular flexibility index (Phi) is 6.23. The first kappa shape index (κ1) is 22.3. The minimum atomic E-state index is -0.636. The topological polar surface area (TPSA) is 95.3 Å². The third-order valence-corrected chi connectivity index (χ3v) is 6.05. The summed E-state index contributed by atoms with van der Waals surface area (Å²) in [4.78, 5) is 30.5. The van der Waals surface area contributed by atoms with Gasteiger partial charge in [0, 0.05) is 16.5 Å². The number of hydrogen-bond donors (Lipinski definition) is 1. The molecule has 0 atom stereocenters. The molecule has 3 aromatic carbocycles. The SMILES string of the molecule is COc1ccc(Nc2nc(COC(=O)c3nn(-c4ccccc4)c(=O)c4ccccc34)cs2)cc1. The highest BCUT2D eigenvalue weighted by Crippen LogP contribution is 2.23. The predicted octanol–water partition coefficient (Wildman–Crippen LogP) is 4.95. The van der Waals surface area contributed by atoms with E-state index in [0.29, 0.717) is 27.3 Å². The number of nitrogens with one attached hydrogen (secondary N) is 1. The van der Waals surface area contributed by atoms with Gasteiger partial charge in [-0.1, -0.05) is 36.4 Å². The molecular weight excluding hydrogens is 464 g/mol. The van der Waals surface area contributed by atoms with Crippen molar-refractivity contribution in [3.8, 4) is 11.4 Å². The Morgan fingerprint density at radius 2 is 1.69 bits per heavy atom. The summed E-state index contributed by atoms with van der Waals surface area (Å²) < 4.78 is 11.9. The van der Waals surface area contributed by atoms with E-state index in [9.17, 15) is 9.59 Å². The smallest absolute Gasteiger partial charge is 0.359 e. The van der Waals surface area contributed by atoms with Crippen LogP contribution < -0.4 is 15.6 Å². The van der Waals surface area contributed by atoms with Crippen LogP contribution in [0.25, 0.3) is 16.5 Å². The van der Waals surface area contributed by atoms with Gasteiger partial charge in [0.25, 0.3) is 5.56 Å². The minimum absolute atomic E-state index is 0.0277. The van der Waals surface area contributed by atoms with E-state index in [1.807, 2.05) is 35.7 Å². The van der Waals surface area contributed by atoms with E-state index < -0.39 is 5.97 Å². The number of fused-ring (bicyclic) bond motifs is 1. The lowest BCUT2D eigenvalue weighted by Gasteiger charge is -2.10. The van der Waals surface area contributed by atoms with Crippen molar-refractivity contribution in [1.29, 1.82) is 0 Å². The maximum atomic E-state index is 13.0. The van der Waals surface area contributed by atoms with E-state index in [1.165, 1.54) is 16.0 Å². The molecule has 0 aliphatic rings. The number of esters is 1. The molecule has 174 valence electrons. The Morgan fingerprint density at radius 1 is 0.971 bits per heavy atom. The van der Waals surface area contributed by atoms with Crippen molar-refractivity contribution < 1.29 is 14.3 Å². The maximum absolute atomic E-state index is 13.0. The average molecular weight is 485 g/mol. The van der Waals surface area contributed by atoms with Crippen molar-refractivity contribution in [3.05, 3.63) is 106 Å². The van der Waals surface area contributed by atoms with E-state index >= 15 is 0 Å². The standard InChI is InChI=1S/C26H20N4O4S/c1-33-20-13-11-17(12-14-20)27-26-28-18(16-35-26)15-34-25(32)23-21-9-5-6-10-22(21)24(31)30(29-23)19-7-3-2-4-8-19/h2-14,16H,15H2,1H3,(H,27,28). The number of aromatic nitrogens is 3. The number of nitrogens with zero attached hydrogens (tertiary/aromatic N) is 3. The molecule has 2 heterocycles. The van der Waals surface area contributed by atoms with E-state index in [0.717, 1.165) is 11.4 Å². The van der Waals surface area contributed by atoms with Gasteiger partial charge in [-0.2, -0.15) is 9.78 Å². The normalized spacial score (nSPS) is 10.8. The first-order chi connectivity index (χ1) is 17.1. The molecule has 0 aliphatic heterocycles. The van der Waals surface area contributed by atoms with Crippen LogP contribution in [0.2, 0.25) is 0 Å². The van der Waals surface area contributed by atoms with Crippen molar-refractivity contribution in [2.45, 2.75) is 6.61 Å². The summed E-state index contributed by atoms with van der Waals surface area (Å²) >= 11 is 1.40. The fourth-order valence-corrected chi connectivity index (χ4v) is 4.24. The molecule has 8 nitrogen and oxygen atoms in total. The third kappa shape index (κ3) is 4.75. The van der Waals surface area contributed by atoms with Crippen LogP contribution in [0.15, 0.2) is 89.0 Å². The molecular formula is C26H20N4O4S. The molecule has 0 aliphatic carbocycles. The number of carbonyl (C=O) groups excluding carboxylic acids is 1. The van der Waals surface area contributed by atoms with Crippen molar-refractivity contribution >= 4 is 38.9 Å². The molecule has 0 fully saturated rings. The number of carbonyl (C=O) groups is 1. The van der Waals surface area contributed by atoms with Crippen molar-refractivity contribution in [2.75, 3.05) is 12.4 Å². The molecule has 0 saturated carbocycles. The van der Waals surface area contributed by atoms with Gasteiger partial charge >= 0.3 is 5.97 Å². The van der Waals surface area contributed by atoms with Crippen LogP contribution in [0.5, 0.6) is 5.75 Å². The summed E-state index contributed by atoms with van der Waals surface area (Å²) in [5.74, 6) is 0.130. The van der Waals surface area contributed by atoms with E-state index in [-0.39, 0.29) is 17.9 Å². The van der Waals surface area contributed by atoms with Crippen molar-refractivity contribution in [3.63, 3.8) is 0 Å². The van der Waals surface area contributed by atoms with Crippen LogP contribution in [0.4, 0.5) is 10.8 Å². The summed E-state index contributed by atoms with van der Waals surface area (Å²) in [5, 5.41) is 10.9. The van der Waals surface area contributed by atoms with Gasteiger partial charge in [-0.25, -0.2) is 9.78 Å². The number of thiazole rings is 1. The Bertz CT molecular complexity index is 1550. The molecule has 0 bridgehead atoms. The summed E-state index contributed by atoms with van der Waals surface area (Å²) in [6, 6.07) is 23.3. The number of benzene rings is 3. The highest BCUT2D eigenvalue weighted by atomic mass is 32.1. The zero-order chi connectivity index (χ0) is 24.2. The number of para-hydroxylation sites is 1. The lowest BCUT2D eigenvalue weighted by molar-refractivity contribution is 0.0462. The fourth-order valence-electron chi connectivity index (χ4n) is 3.52. The first-order valence-electron chi connectivity index (χ1n) is 10.7. The molecule has 5 aromatic rings. The van der Waals surface area contributed by atoms with Crippen LogP contribution in [0, 0.1) is 0 Å².